The summed E-state index contributed by atoms with van der Waals surface area (Å²) in [4.78, 5) is 21.5. The number of carbonyl (C=O) groups is 1. The van der Waals surface area contributed by atoms with Crippen LogP contribution in [0.5, 0.6) is 5.75 Å². The molecule has 0 radical (unpaired) electrons. The molecule has 1 aromatic rings. The Hall–Kier alpha value is -2.62. The normalized spacial score (nSPS) is 9.24. The van der Waals surface area contributed by atoms with Crippen molar-refractivity contribution in [3.8, 4) is 11.8 Å². The maximum absolute atomic E-state index is 11.5. The second kappa shape index (κ2) is 4.94. The lowest BCUT2D eigenvalue weighted by Gasteiger charge is -2.07. The van der Waals surface area contributed by atoms with E-state index in [1.54, 1.807) is 6.07 Å². The molecular formula is C10H8N2O5. The predicted octanol–water partition coefficient (Wildman–Crippen LogP) is 1.26. The van der Waals surface area contributed by atoms with E-state index in [2.05, 4.69) is 4.74 Å². The van der Waals surface area contributed by atoms with E-state index < -0.39 is 22.1 Å². The molecule has 0 fully saturated rings. The molecule has 0 heterocycles. The van der Waals surface area contributed by atoms with Gasteiger partial charge in [-0.05, 0) is 6.07 Å². The van der Waals surface area contributed by atoms with Crippen molar-refractivity contribution in [2.75, 3.05) is 14.2 Å². The summed E-state index contributed by atoms with van der Waals surface area (Å²) in [5.74, 6) is -0.870. The standard InChI is InChI=1S/C10H8N2O5/c1-16-8-4-3-7(12(14)15)9(6(8)5-11)10(13)17-2/h3-4H,1-2H3. The molecule has 0 spiro atoms. The van der Waals surface area contributed by atoms with Crippen molar-refractivity contribution in [1.29, 1.82) is 5.26 Å². The molecule has 0 saturated heterocycles. The molecule has 1 rings (SSSR count). The van der Waals surface area contributed by atoms with E-state index in [9.17, 15) is 14.9 Å². The zero-order valence-corrected chi connectivity index (χ0v) is 9.09. The number of nitrogens with zero attached hydrogens (tertiary/aromatic N) is 2. The Balaban J connectivity index is 3.63. The monoisotopic (exact) mass is 236 g/mol. The summed E-state index contributed by atoms with van der Waals surface area (Å²) in [5, 5.41) is 19.7. The van der Waals surface area contributed by atoms with Crippen LogP contribution >= 0.6 is 0 Å². The lowest BCUT2D eigenvalue weighted by atomic mass is 10.1. The first-order valence-electron chi connectivity index (χ1n) is 4.40. The number of ether oxygens (including phenoxy) is 2. The molecule has 0 unspecified atom stereocenters. The van der Waals surface area contributed by atoms with Crippen LogP contribution in [0.2, 0.25) is 0 Å². The number of nitro groups is 1. The van der Waals surface area contributed by atoms with Crippen molar-refractivity contribution >= 4 is 11.7 Å². The molecule has 0 saturated carbocycles. The molecular weight excluding hydrogens is 228 g/mol. The smallest absolute Gasteiger partial charge is 0.346 e. The van der Waals surface area contributed by atoms with Gasteiger partial charge in [-0.2, -0.15) is 5.26 Å². The van der Waals surface area contributed by atoms with Gasteiger partial charge in [0.1, 0.15) is 17.4 Å². The summed E-state index contributed by atoms with van der Waals surface area (Å²) in [6.07, 6.45) is 0. The number of carbonyl (C=O) groups excluding carboxylic acids is 1. The number of nitro benzene ring substituents is 1. The summed E-state index contributed by atoms with van der Waals surface area (Å²) in [5.41, 5.74) is -1.11. The minimum atomic E-state index is -0.952. The third-order valence-corrected chi connectivity index (χ3v) is 2.06. The van der Waals surface area contributed by atoms with Gasteiger partial charge in [-0.3, -0.25) is 10.1 Å². The van der Waals surface area contributed by atoms with Crippen molar-refractivity contribution < 1.29 is 19.2 Å². The Bertz CT molecular complexity index is 518. The summed E-state index contributed by atoms with van der Waals surface area (Å²) < 4.78 is 9.27. The van der Waals surface area contributed by atoms with Crippen molar-refractivity contribution in [1.82, 2.24) is 0 Å². The minimum Gasteiger partial charge on any atom is -0.495 e. The Labute approximate surface area is 96.3 Å². The molecule has 88 valence electrons. The van der Waals surface area contributed by atoms with Crippen LogP contribution in [0, 0.1) is 21.4 Å². The molecule has 0 aromatic heterocycles. The Morgan fingerprint density at radius 1 is 1.47 bits per heavy atom. The molecule has 0 N–H and O–H groups in total. The van der Waals surface area contributed by atoms with Crippen LogP contribution < -0.4 is 4.74 Å². The van der Waals surface area contributed by atoms with Gasteiger partial charge in [0.15, 0.2) is 5.56 Å². The van der Waals surface area contributed by atoms with Crippen LogP contribution in [0.15, 0.2) is 12.1 Å². The van der Waals surface area contributed by atoms with E-state index in [4.69, 9.17) is 10.00 Å². The third kappa shape index (κ3) is 2.15. The topological polar surface area (TPSA) is 102 Å². The fourth-order valence-electron chi connectivity index (χ4n) is 1.31. The second-order valence-electron chi connectivity index (χ2n) is 2.90. The number of esters is 1. The van der Waals surface area contributed by atoms with Crippen LogP contribution in [-0.2, 0) is 4.74 Å². The summed E-state index contributed by atoms with van der Waals surface area (Å²) >= 11 is 0. The number of hydrogen-bond acceptors (Lipinski definition) is 6. The van der Waals surface area contributed by atoms with Crippen LogP contribution in [0.1, 0.15) is 15.9 Å². The van der Waals surface area contributed by atoms with E-state index >= 15 is 0 Å². The number of benzene rings is 1. The largest absolute Gasteiger partial charge is 0.495 e. The van der Waals surface area contributed by atoms with Gasteiger partial charge in [-0.25, -0.2) is 4.79 Å². The van der Waals surface area contributed by atoms with Gasteiger partial charge in [-0.1, -0.05) is 0 Å². The predicted molar refractivity (Wildman–Crippen MR) is 55.7 cm³/mol. The first kappa shape index (κ1) is 12.4. The highest BCUT2D eigenvalue weighted by Crippen LogP contribution is 2.30. The van der Waals surface area contributed by atoms with E-state index in [-0.39, 0.29) is 11.3 Å². The zero-order chi connectivity index (χ0) is 13.0. The number of methoxy groups -OCH3 is 2. The number of rotatable bonds is 3. The molecule has 0 bridgehead atoms. The summed E-state index contributed by atoms with van der Waals surface area (Å²) in [7, 11) is 2.37. The van der Waals surface area contributed by atoms with Crippen molar-refractivity contribution in [2.24, 2.45) is 0 Å². The molecule has 7 heteroatoms. The maximum Gasteiger partial charge on any atom is 0.346 e. The quantitative estimate of drug-likeness (QED) is 0.444. The highest BCUT2D eigenvalue weighted by Gasteiger charge is 2.27. The first-order chi connectivity index (χ1) is 8.06. The molecule has 0 amide bonds. The van der Waals surface area contributed by atoms with Gasteiger partial charge >= 0.3 is 5.97 Å². The van der Waals surface area contributed by atoms with Gasteiger partial charge in [0, 0.05) is 6.07 Å². The zero-order valence-electron chi connectivity index (χ0n) is 9.09. The van der Waals surface area contributed by atoms with Gasteiger partial charge in [-0.15, -0.1) is 0 Å². The Morgan fingerprint density at radius 2 is 2.12 bits per heavy atom. The van der Waals surface area contributed by atoms with Gasteiger partial charge in [0.05, 0.1) is 19.1 Å². The average molecular weight is 236 g/mol. The Morgan fingerprint density at radius 3 is 2.53 bits per heavy atom. The fourth-order valence-corrected chi connectivity index (χ4v) is 1.31. The minimum absolute atomic E-state index is 0.0819. The molecule has 0 aliphatic carbocycles. The Kier molecular flexibility index (Phi) is 3.62. The molecule has 7 nitrogen and oxygen atoms in total. The number of nitriles is 1. The van der Waals surface area contributed by atoms with E-state index in [0.29, 0.717) is 0 Å². The summed E-state index contributed by atoms with van der Waals surface area (Å²) in [6.45, 7) is 0. The van der Waals surface area contributed by atoms with E-state index in [1.807, 2.05) is 0 Å². The van der Waals surface area contributed by atoms with Crippen molar-refractivity contribution in [3.63, 3.8) is 0 Å². The van der Waals surface area contributed by atoms with E-state index in [1.165, 1.54) is 13.2 Å². The van der Waals surface area contributed by atoms with Crippen LogP contribution in [-0.4, -0.2) is 25.1 Å². The average Bonchev–Trinajstić information content (AvgIpc) is 2.35. The third-order valence-electron chi connectivity index (χ3n) is 2.06. The SMILES string of the molecule is COC(=O)c1c([N+](=O)[O-])ccc(OC)c1C#N. The van der Waals surface area contributed by atoms with Crippen LogP contribution in [0.4, 0.5) is 5.69 Å². The molecule has 1 aromatic carbocycles. The lowest BCUT2D eigenvalue weighted by Crippen LogP contribution is -2.09. The molecule has 0 aliphatic heterocycles. The molecule has 0 atom stereocenters. The van der Waals surface area contributed by atoms with Crippen molar-refractivity contribution in [3.05, 3.63) is 33.4 Å². The molecule has 17 heavy (non-hydrogen) atoms. The van der Waals surface area contributed by atoms with Gasteiger partial charge in [0.2, 0.25) is 0 Å². The molecule has 0 aliphatic rings. The lowest BCUT2D eigenvalue weighted by molar-refractivity contribution is -0.385. The number of hydrogen-bond donors (Lipinski definition) is 0. The summed E-state index contributed by atoms with van der Waals surface area (Å²) in [6, 6.07) is 4.04. The van der Waals surface area contributed by atoms with Crippen molar-refractivity contribution in [2.45, 2.75) is 0 Å². The first-order valence-corrected chi connectivity index (χ1v) is 4.40. The fraction of sp³-hybridized carbons (Fsp3) is 0.200. The second-order valence-corrected chi connectivity index (χ2v) is 2.90. The highest BCUT2D eigenvalue weighted by atomic mass is 16.6. The highest BCUT2D eigenvalue weighted by molar-refractivity contribution is 5.97. The maximum atomic E-state index is 11.5. The van der Waals surface area contributed by atoms with Gasteiger partial charge in [0.25, 0.3) is 5.69 Å². The van der Waals surface area contributed by atoms with Crippen LogP contribution in [0.3, 0.4) is 0 Å². The van der Waals surface area contributed by atoms with Crippen LogP contribution in [0.25, 0.3) is 0 Å². The van der Waals surface area contributed by atoms with Gasteiger partial charge < -0.3 is 9.47 Å². The van der Waals surface area contributed by atoms with E-state index in [0.717, 1.165) is 13.2 Å².